The zero-order valence-electron chi connectivity index (χ0n) is 17.9. The van der Waals surface area contributed by atoms with Crippen LogP contribution in [0, 0.1) is 18.6 Å². The predicted molar refractivity (Wildman–Crippen MR) is 121 cm³/mol. The van der Waals surface area contributed by atoms with E-state index in [0.717, 1.165) is 22.2 Å². The number of aryl methyl sites for hydroxylation is 1. The van der Waals surface area contributed by atoms with Gasteiger partial charge in [0.1, 0.15) is 5.82 Å². The highest BCUT2D eigenvalue weighted by atomic mass is 19.1. The van der Waals surface area contributed by atoms with E-state index < -0.39 is 11.4 Å². The molecule has 0 amide bonds. The first-order valence-electron chi connectivity index (χ1n) is 10.3. The molecule has 5 rings (SSSR count). The smallest absolute Gasteiger partial charge is 0.174 e. The molecule has 0 fully saturated rings. The number of fused-ring (bicyclic) bond motifs is 2. The van der Waals surface area contributed by atoms with Crippen LogP contribution in [-0.2, 0) is 5.60 Å². The third-order valence-electron chi connectivity index (χ3n) is 5.70. The number of benzene rings is 2. The van der Waals surface area contributed by atoms with Gasteiger partial charge in [0, 0.05) is 34.0 Å². The molecule has 0 saturated carbocycles. The van der Waals surface area contributed by atoms with Gasteiger partial charge in [0.25, 0.3) is 0 Å². The van der Waals surface area contributed by atoms with Crippen molar-refractivity contribution in [2.24, 2.45) is 0 Å². The highest BCUT2D eigenvalue weighted by Gasteiger charge is 2.24. The topological polar surface area (TPSA) is 50.4 Å². The SMILES string of the molecule is Cc1ccc2c(-c3cc(-c4cnc5c(F)c(C(C)(C)O)ccn45)ccc3F)cccc2n1. The average molecular weight is 429 g/mol. The lowest BCUT2D eigenvalue weighted by molar-refractivity contribution is 0.0746. The molecule has 4 nitrogen and oxygen atoms in total. The van der Waals surface area contributed by atoms with Gasteiger partial charge in [-0.2, -0.15) is 0 Å². The highest BCUT2D eigenvalue weighted by Crippen LogP contribution is 2.34. The Morgan fingerprint density at radius 1 is 0.969 bits per heavy atom. The fraction of sp³-hybridized carbons (Fsp3) is 0.154. The van der Waals surface area contributed by atoms with Crippen molar-refractivity contribution in [3.63, 3.8) is 0 Å². The number of aliphatic hydroxyl groups is 1. The second kappa shape index (κ2) is 7.21. The molecule has 0 bridgehead atoms. The van der Waals surface area contributed by atoms with Gasteiger partial charge in [0.2, 0.25) is 0 Å². The Morgan fingerprint density at radius 2 is 1.78 bits per heavy atom. The number of aromatic nitrogens is 3. The number of hydrogen-bond acceptors (Lipinski definition) is 3. The molecule has 0 aliphatic carbocycles. The summed E-state index contributed by atoms with van der Waals surface area (Å²) in [6.45, 7) is 4.97. The summed E-state index contributed by atoms with van der Waals surface area (Å²) in [5, 5.41) is 11.1. The molecule has 0 saturated heterocycles. The minimum atomic E-state index is -1.33. The molecule has 6 heteroatoms. The molecule has 160 valence electrons. The number of hydrogen-bond donors (Lipinski definition) is 1. The minimum Gasteiger partial charge on any atom is -0.386 e. The standard InChI is InChI=1S/C26H21F2N3O/c1-15-7-9-18-17(5-4-6-22(18)30-15)19-13-16(8-10-21(19)27)23-14-29-25-24(28)20(26(2,3)32)11-12-31(23)25/h4-14,32H,1-3H3. The van der Waals surface area contributed by atoms with Crippen LogP contribution in [-0.4, -0.2) is 19.5 Å². The maximum atomic E-state index is 15.0. The van der Waals surface area contributed by atoms with Crippen LogP contribution in [0.5, 0.6) is 0 Å². The highest BCUT2D eigenvalue weighted by molar-refractivity contribution is 5.95. The largest absolute Gasteiger partial charge is 0.386 e. The van der Waals surface area contributed by atoms with Gasteiger partial charge < -0.3 is 5.11 Å². The van der Waals surface area contributed by atoms with Crippen molar-refractivity contribution in [1.29, 1.82) is 0 Å². The van der Waals surface area contributed by atoms with Gasteiger partial charge in [-0.1, -0.05) is 18.2 Å². The van der Waals surface area contributed by atoms with E-state index in [0.29, 0.717) is 16.8 Å². The zero-order chi connectivity index (χ0) is 22.6. The third-order valence-corrected chi connectivity index (χ3v) is 5.70. The molecule has 0 atom stereocenters. The molecule has 0 spiro atoms. The van der Waals surface area contributed by atoms with Gasteiger partial charge in [-0.05, 0) is 62.7 Å². The summed E-state index contributed by atoms with van der Waals surface area (Å²) in [4.78, 5) is 8.77. The molecule has 3 aromatic heterocycles. The second-order valence-electron chi connectivity index (χ2n) is 8.46. The van der Waals surface area contributed by atoms with Gasteiger partial charge in [-0.15, -0.1) is 0 Å². The molecule has 0 aliphatic heterocycles. The van der Waals surface area contributed by atoms with Crippen LogP contribution >= 0.6 is 0 Å². The Bertz CT molecular complexity index is 1500. The number of pyridine rings is 2. The number of halogens is 2. The minimum absolute atomic E-state index is 0.107. The van der Waals surface area contributed by atoms with E-state index >= 15 is 0 Å². The predicted octanol–water partition coefficient (Wildman–Crippen LogP) is 6.03. The van der Waals surface area contributed by atoms with Crippen LogP contribution in [0.1, 0.15) is 25.1 Å². The van der Waals surface area contributed by atoms with Gasteiger partial charge in [0.05, 0.1) is 23.0 Å². The van der Waals surface area contributed by atoms with E-state index in [1.165, 1.54) is 26.0 Å². The summed E-state index contributed by atoms with van der Waals surface area (Å²) in [7, 11) is 0. The van der Waals surface area contributed by atoms with Crippen LogP contribution in [0.2, 0.25) is 0 Å². The molecular weight excluding hydrogens is 408 g/mol. The Morgan fingerprint density at radius 3 is 2.56 bits per heavy atom. The van der Waals surface area contributed by atoms with Crippen molar-refractivity contribution in [1.82, 2.24) is 14.4 Å². The quantitative estimate of drug-likeness (QED) is 0.381. The first kappa shape index (κ1) is 20.3. The molecule has 0 radical (unpaired) electrons. The number of imidazole rings is 1. The summed E-state index contributed by atoms with van der Waals surface area (Å²) in [5.41, 5.74) is 3.11. The maximum Gasteiger partial charge on any atom is 0.174 e. The normalized spacial score (nSPS) is 12.1. The van der Waals surface area contributed by atoms with E-state index in [1.54, 1.807) is 28.9 Å². The Hall–Kier alpha value is -3.64. The summed E-state index contributed by atoms with van der Waals surface area (Å²) in [5.74, 6) is -0.935. The zero-order valence-corrected chi connectivity index (χ0v) is 17.9. The Balaban J connectivity index is 1.69. The summed E-state index contributed by atoms with van der Waals surface area (Å²) in [6.07, 6.45) is 3.22. The Labute approximate surface area is 183 Å². The van der Waals surface area contributed by atoms with Gasteiger partial charge in [-0.3, -0.25) is 9.38 Å². The maximum absolute atomic E-state index is 15.0. The molecule has 0 unspecified atom stereocenters. The van der Waals surface area contributed by atoms with Crippen molar-refractivity contribution in [2.75, 3.05) is 0 Å². The fourth-order valence-electron chi connectivity index (χ4n) is 4.09. The average Bonchev–Trinajstić information content (AvgIpc) is 3.18. The second-order valence-corrected chi connectivity index (χ2v) is 8.46. The van der Waals surface area contributed by atoms with Crippen LogP contribution in [0.25, 0.3) is 38.9 Å². The van der Waals surface area contributed by atoms with E-state index in [2.05, 4.69) is 9.97 Å². The monoisotopic (exact) mass is 429 g/mol. The fourth-order valence-corrected chi connectivity index (χ4v) is 4.09. The molecule has 3 heterocycles. The molecule has 1 N–H and O–H groups in total. The van der Waals surface area contributed by atoms with Crippen molar-refractivity contribution < 1.29 is 13.9 Å². The first-order valence-corrected chi connectivity index (χ1v) is 10.3. The summed E-state index contributed by atoms with van der Waals surface area (Å²) < 4.78 is 31.5. The first-order chi connectivity index (χ1) is 15.2. The summed E-state index contributed by atoms with van der Waals surface area (Å²) >= 11 is 0. The number of rotatable bonds is 3. The lowest BCUT2D eigenvalue weighted by Gasteiger charge is -2.18. The van der Waals surface area contributed by atoms with E-state index in [1.807, 2.05) is 37.3 Å². The molecule has 0 aliphatic rings. The van der Waals surface area contributed by atoms with Crippen LogP contribution < -0.4 is 0 Å². The molecular formula is C26H21F2N3O. The van der Waals surface area contributed by atoms with Gasteiger partial charge in [-0.25, -0.2) is 13.8 Å². The lowest BCUT2D eigenvalue weighted by atomic mass is 9.97. The van der Waals surface area contributed by atoms with Crippen molar-refractivity contribution in [3.05, 3.63) is 89.9 Å². The third kappa shape index (κ3) is 3.24. The Kier molecular flexibility index (Phi) is 4.57. The number of nitrogens with zero attached hydrogens (tertiary/aromatic N) is 3. The van der Waals surface area contributed by atoms with E-state index in [-0.39, 0.29) is 17.0 Å². The molecule has 2 aromatic carbocycles. The van der Waals surface area contributed by atoms with Crippen molar-refractivity contribution in [2.45, 2.75) is 26.4 Å². The van der Waals surface area contributed by atoms with Gasteiger partial charge in [0.15, 0.2) is 11.5 Å². The molecule has 32 heavy (non-hydrogen) atoms. The van der Waals surface area contributed by atoms with Crippen molar-refractivity contribution in [3.8, 4) is 22.4 Å². The molecule has 5 aromatic rings. The summed E-state index contributed by atoms with van der Waals surface area (Å²) in [6, 6.07) is 15.8. The lowest BCUT2D eigenvalue weighted by Crippen LogP contribution is -2.18. The van der Waals surface area contributed by atoms with Crippen LogP contribution in [0.3, 0.4) is 0 Å². The van der Waals surface area contributed by atoms with Crippen LogP contribution in [0.15, 0.2) is 67.0 Å². The van der Waals surface area contributed by atoms with E-state index in [9.17, 15) is 13.9 Å². The van der Waals surface area contributed by atoms with E-state index in [4.69, 9.17) is 0 Å². The van der Waals surface area contributed by atoms with Gasteiger partial charge >= 0.3 is 0 Å². The van der Waals surface area contributed by atoms with Crippen molar-refractivity contribution >= 4 is 16.6 Å². The van der Waals surface area contributed by atoms with Crippen LogP contribution in [0.4, 0.5) is 8.78 Å².